The maximum absolute atomic E-state index is 12.8. The number of thioether (sulfide) groups is 1. The van der Waals surface area contributed by atoms with Crippen molar-refractivity contribution in [3.8, 4) is 11.4 Å². The third-order valence-corrected chi connectivity index (χ3v) is 5.97. The molecule has 2 aromatic heterocycles. The van der Waals surface area contributed by atoms with Crippen molar-refractivity contribution in [2.75, 3.05) is 0 Å². The molecule has 1 fully saturated rings. The molecule has 1 amide bonds. The summed E-state index contributed by atoms with van der Waals surface area (Å²) in [6.45, 7) is 1.99. The highest BCUT2D eigenvalue weighted by Gasteiger charge is 2.25. The number of hydrogen-bond donors (Lipinski definition) is 1. The Hall–Kier alpha value is -3.19. The first kappa shape index (κ1) is 18.8. The lowest BCUT2D eigenvalue weighted by molar-refractivity contribution is 0.0952. The van der Waals surface area contributed by atoms with Gasteiger partial charge in [-0.3, -0.25) is 4.79 Å². The molecule has 0 bridgehead atoms. The second-order valence-electron chi connectivity index (χ2n) is 7.36. The molecule has 2 aromatic carbocycles. The summed E-state index contributed by atoms with van der Waals surface area (Å²) >= 11 is 1.50. The monoisotopic (exact) mass is 416 g/mol. The number of benzene rings is 2. The van der Waals surface area contributed by atoms with Crippen LogP contribution in [0.5, 0.6) is 0 Å². The third kappa shape index (κ3) is 3.93. The van der Waals surface area contributed by atoms with E-state index < -0.39 is 0 Å². The van der Waals surface area contributed by atoms with Gasteiger partial charge in [-0.2, -0.15) is 4.98 Å². The molecule has 5 rings (SSSR count). The zero-order valence-electron chi connectivity index (χ0n) is 16.4. The molecule has 150 valence electrons. The second kappa shape index (κ2) is 7.91. The predicted molar refractivity (Wildman–Crippen MR) is 116 cm³/mol. The number of rotatable bonds is 6. The molecule has 4 aromatic rings. The largest absolute Gasteiger partial charge is 0.349 e. The molecule has 0 spiro atoms. The topological polar surface area (TPSA) is 80.9 Å². The van der Waals surface area contributed by atoms with Crippen molar-refractivity contribution < 1.29 is 9.32 Å². The van der Waals surface area contributed by atoms with Crippen LogP contribution in [0, 0.1) is 0 Å². The molecule has 0 radical (unpaired) electrons. The molecule has 7 heteroatoms. The highest BCUT2D eigenvalue weighted by molar-refractivity contribution is 7.99. The van der Waals surface area contributed by atoms with Crippen LogP contribution >= 0.6 is 11.8 Å². The molecular weight excluding hydrogens is 396 g/mol. The number of nitrogens with one attached hydrogen (secondary N) is 1. The molecule has 1 aliphatic rings. The van der Waals surface area contributed by atoms with Crippen LogP contribution in [0.25, 0.3) is 22.3 Å². The van der Waals surface area contributed by atoms with E-state index >= 15 is 0 Å². The van der Waals surface area contributed by atoms with E-state index in [2.05, 4.69) is 15.5 Å². The first-order chi connectivity index (χ1) is 14.7. The molecule has 0 aliphatic heterocycles. The lowest BCUT2D eigenvalue weighted by Gasteiger charge is -2.11. The number of fused-ring (bicyclic) bond motifs is 1. The number of nitrogens with zero attached hydrogens (tertiary/aromatic N) is 3. The Morgan fingerprint density at radius 3 is 2.67 bits per heavy atom. The summed E-state index contributed by atoms with van der Waals surface area (Å²) in [5.74, 6) is 1.04. The van der Waals surface area contributed by atoms with Crippen LogP contribution < -0.4 is 5.32 Å². The number of carbonyl (C=O) groups is 1. The van der Waals surface area contributed by atoms with Crippen LogP contribution in [0.2, 0.25) is 0 Å². The quantitative estimate of drug-likeness (QED) is 0.444. The van der Waals surface area contributed by atoms with Crippen LogP contribution in [-0.2, 0) is 0 Å². The van der Waals surface area contributed by atoms with Gasteiger partial charge in [0.15, 0.2) is 0 Å². The van der Waals surface area contributed by atoms with Gasteiger partial charge in [-0.25, -0.2) is 4.98 Å². The van der Waals surface area contributed by atoms with Crippen molar-refractivity contribution in [3.63, 3.8) is 0 Å². The summed E-state index contributed by atoms with van der Waals surface area (Å²) in [7, 11) is 0. The van der Waals surface area contributed by atoms with Crippen molar-refractivity contribution in [2.45, 2.75) is 36.1 Å². The van der Waals surface area contributed by atoms with Gasteiger partial charge in [0, 0.05) is 17.0 Å². The van der Waals surface area contributed by atoms with Gasteiger partial charge in [0.1, 0.15) is 0 Å². The minimum Gasteiger partial charge on any atom is -0.349 e. The highest BCUT2D eigenvalue weighted by atomic mass is 32.2. The fraction of sp³-hybridized carbons (Fsp3) is 0.217. The molecule has 30 heavy (non-hydrogen) atoms. The van der Waals surface area contributed by atoms with Crippen LogP contribution in [0.15, 0.2) is 70.2 Å². The molecular formula is C23H20N4O2S. The van der Waals surface area contributed by atoms with Gasteiger partial charge >= 0.3 is 0 Å². The minimum atomic E-state index is -0.108. The molecule has 6 nitrogen and oxygen atoms in total. The standard InChI is InChI=1S/C23H20N4O2S/c1-14(23-26-21(27-29-23)15-7-3-2-4-8-15)30-20-13-18(22(28)24-16-11-12-16)17-9-5-6-10-19(17)25-20/h2-10,13-14,16H,11-12H2,1H3,(H,24,28). The molecule has 2 heterocycles. The van der Waals surface area contributed by atoms with Gasteiger partial charge in [0.25, 0.3) is 5.91 Å². The normalized spacial score (nSPS) is 14.6. The number of hydrogen-bond acceptors (Lipinski definition) is 6. The van der Waals surface area contributed by atoms with Crippen molar-refractivity contribution in [1.29, 1.82) is 0 Å². The maximum Gasteiger partial charge on any atom is 0.252 e. The first-order valence-corrected chi connectivity index (χ1v) is 10.8. The molecule has 1 N–H and O–H groups in total. The second-order valence-corrected chi connectivity index (χ2v) is 8.72. The summed E-state index contributed by atoms with van der Waals surface area (Å²) in [6.07, 6.45) is 2.10. The Labute approximate surface area is 178 Å². The SMILES string of the molecule is CC(Sc1cc(C(=O)NC2CC2)c2ccccc2n1)c1nc(-c2ccccc2)no1. The highest BCUT2D eigenvalue weighted by Crippen LogP contribution is 2.35. The molecule has 1 aliphatic carbocycles. The average molecular weight is 417 g/mol. The van der Waals surface area contributed by atoms with Gasteiger partial charge < -0.3 is 9.84 Å². The summed E-state index contributed by atoms with van der Waals surface area (Å²) in [6, 6.07) is 19.6. The van der Waals surface area contributed by atoms with Crippen LogP contribution in [-0.4, -0.2) is 27.1 Å². The van der Waals surface area contributed by atoms with Crippen LogP contribution in [0.3, 0.4) is 0 Å². The summed E-state index contributed by atoms with van der Waals surface area (Å²) in [5.41, 5.74) is 2.36. The number of para-hydroxylation sites is 1. The van der Waals surface area contributed by atoms with E-state index in [1.54, 1.807) is 0 Å². The molecule has 1 unspecified atom stereocenters. The molecule has 0 saturated heterocycles. The number of amides is 1. The Kier molecular flexibility index (Phi) is 4.96. The predicted octanol–water partition coefficient (Wildman–Crippen LogP) is 5.03. The summed E-state index contributed by atoms with van der Waals surface area (Å²) in [4.78, 5) is 22.1. The van der Waals surface area contributed by atoms with Crippen molar-refractivity contribution >= 4 is 28.6 Å². The molecule has 1 atom stereocenters. The van der Waals surface area contributed by atoms with Crippen molar-refractivity contribution in [3.05, 3.63) is 72.1 Å². The average Bonchev–Trinajstić information content (AvgIpc) is 3.44. The van der Waals surface area contributed by atoms with E-state index in [1.165, 1.54) is 11.8 Å². The fourth-order valence-electron chi connectivity index (χ4n) is 3.23. The van der Waals surface area contributed by atoms with E-state index in [0.29, 0.717) is 23.3 Å². The first-order valence-electron chi connectivity index (χ1n) is 9.94. The van der Waals surface area contributed by atoms with Crippen molar-refractivity contribution in [1.82, 2.24) is 20.4 Å². The van der Waals surface area contributed by atoms with E-state index in [-0.39, 0.29) is 11.2 Å². The zero-order chi connectivity index (χ0) is 20.5. The van der Waals surface area contributed by atoms with E-state index in [9.17, 15) is 4.79 Å². The number of aromatic nitrogens is 3. The minimum absolute atomic E-state index is 0.0465. The molecule has 1 saturated carbocycles. The van der Waals surface area contributed by atoms with Gasteiger partial charge in [0.05, 0.1) is 21.4 Å². The van der Waals surface area contributed by atoms with E-state index in [4.69, 9.17) is 9.51 Å². The van der Waals surface area contributed by atoms with Gasteiger partial charge in [-0.05, 0) is 31.9 Å². The summed E-state index contributed by atoms with van der Waals surface area (Å²) < 4.78 is 5.49. The Balaban J connectivity index is 1.42. The summed E-state index contributed by atoms with van der Waals surface area (Å²) in [5, 5.41) is 8.68. The van der Waals surface area contributed by atoms with Gasteiger partial charge in [0.2, 0.25) is 11.7 Å². The zero-order valence-corrected chi connectivity index (χ0v) is 17.2. The number of carbonyl (C=O) groups excluding carboxylic acids is 1. The van der Waals surface area contributed by atoms with Crippen molar-refractivity contribution in [2.24, 2.45) is 0 Å². The van der Waals surface area contributed by atoms with Crippen LogP contribution in [0.1, 0.15) is 41.3 Å². The lowest BCUT2D eigenvalue weighted by Crippen LogP contribution is -2.25. The fourth-order valence-corrected chi connectivity index (χ4v) is 4.12. The Morgan fingerprint density at radius 2 is 1.87 bits per heavy atom. The lowest BCUT2D eigenvalue weighted by atomic mass is 10.1. The Morgan fingerprint density at radius 1 is 1.10 bits per heavy atom. The van der Waals surface area contributed by atoms with Gasteiger partial charge in [-0.15, -0.1) is 0 Å². The van der Waals surface area contributed by atoms with E-state index in [1.807, 2.05) is 67.6 Å². The van der Waals surface area contributed by atoms with E-state index in [0.717, 1.165) is 34.3 Å². The Bertz CT molecular complexity index is 1200. The maximum atomic E-state index is 12.8. The third-order valence-electron chi connectivity index (χ3n) is 4.97. The number of pyridine rings is 1. The van der Waals surface area contributed by atoms with Crippen LogP contribution in [0.4, 0.5) is 0 Å². The smallest absolute Gasteiger partial charge is 0.252 e. The van der Waals surface area contributed by atoms with Gasteiger partial charge in [-0.1, -0.05) is 65.4 Å².